The molecule has 0 aliphatic carbocycles. The predicted octanol–water partition coefficient (Wildman–Crippen LogP) is 4.41. The van der Waals surface area contributed by atoms with E-state index in [1.807, 2.05) is 67.7 Å². The van der Waals surface area contributed by atoms with Crippen molar-refractivity contribution in [2.45, 2.75) is 38.5 Å². The molecule has 0 radical (unpaired) electrons. The summed E-state index contributed by atoms with van der Waals surface area (Å²) in [5.74, 6) is 0.901. The highest BCUT2D eigenvalue weighted by Crippen LogP contribution is 2.37. The van der Waals surface area contributed by atoms with Crippen molar-refractivity contribution in [3.63, 3.8) is 0 Å². The number of ether oxygens (including phenoxy) is 1. The van der Waals surface area contributed by atoms with Crippen molar-refractivity contribution < 1.29 is 9.53 Å². The Morgan fingerprint density at radius 2 is 1.97 bits per heavy atom. The number of nitrogens with zero attached hydrogens (tertiary/aromatic N) is 3. The first-order chi connectivity index (χ1) is 14.2. The Hall–Kier alpha value is -3.59. The summed E-state index contributed by atoms with van der Waals surface area (Å²) in [7, 11) is 0. The first kappa shape index (κ1) is 18.8. The number of aromatic nitrogens is 2. The molecule has 0 saturated carbocycles. The van der Waals surface area contributed by atoms with Gasteiger partial charge in [-0.3, -0.25) is 0 Å². The smallest absolute Gasteiger partial charge is 0.408 e. The predicted molar refractivity (Wildman–Crippen MR) is 108 cm³/mol. The molecule has 1 aliphatic rings. The third-order valence-corrected chi connectivity index (χ3v) is 5.34. The molecule has 2 unspecified atom stereocenters. The van der Waals surface area contributed by atoms with Gasteiger partial charge in [-0.1, -0.05) is 42.5 Å². The molecule has 3 aromatic rings. The Morgan fingerprint density at radius 1 is 1.21 bits per heavy atom. The molecule has 2 atom stereocenters. The Balaban J connectivity index is 1.48. The molecule has 6 heteroatoms. The number of nitriles is 1. The maximum Gasteiger partial charge on any atom is 0.408 e. The fourth-order valence-corrected chi connectivity index (χ4v) is 3.88. The minimum Gasteiger partial charge on any atom is -0.445 e. The highest BCUT2D eigenvalue weighted by Gasteiger charge is 2.31. The number of aryl methyl sites for hydroxylation is 1. The largest absolute Gasteiger partial charge is 0.445 e. The average molecular weight is 386 g/mol. The molecule has 1 aliphatic heterocycles. The normalized spacial score (nSPS) is 17.8. The van der Waals surface area contributed by atoms with Crippen molar-refractivity contribution in [1.29, 1.82) is 5.26 Å². The van der Waals surface area contributed by atoms with Crippen LogP contribution in [0.25, 0.3) is 0 Å². The fraction of sp³-hybridized carbons (Fsp3) is 0.261. The van der Waals surface area contributed by atoms with Crippen molar-refractivity contribution >= 4 is 6.09 Å². The van der Waals surface area contributed by atoms with E-state index in [9.17, 15) is 4.79 Å². The number of nitrogens with one attached hydrogen (secondary N) is 1. The number of fused-ring (bicyclic) bond motifs is 1. The SMILES string of the molecule is Cc1ncc2n1C(c1ccc(C#N)cc1)CCC2NC(=O)OCc1ccccc1. The summed E-state index contributed by atoms with van der Waals surface area (Å²) in [6.07, 6.45) is 3.05. The number of rotatable bonds is 4. The van der Waals surface area contributed by atoms with Crippen LogP contribution < -0.4 is 5.32 Å². The maximum absolute atomic E-state index is 12.3. The summed E-state index contributed by atoms with van der Waals surface area (Å²) in [5.41, 5.74) is 3.71. The molecule has 2 aromatic carbocycles. The molecule has 6 nitrogen and oxygen atoms in total. The molecular formula is C23H22N4O2. The van der Waals surface area contributed by atoms with E-state index in [4.69, 9.17) is 10.00 Å². The first-order valence-corrected chi connectivity index (χ1v) is 9.66. The maximum atomic E-state index is 12.3. The molecule has 29 heavy (non-hydrogen) atoms. The van der Waals surface area contributed by atoms with Crippen LogP contribution in [-0.4, -0.2) is 15.6 Å². The van der Waals surface area contributed by atoms with E-state index in [1.165, 1.54) is 0 Å². The number of carbonyl (C=O) groups is 1. The zero-order valence-electron chi connectivity index (χ0n) is 16.2. The fourth-order valence-electron chi connectivity index (χ4n) is 3.88. The molecule has 0 fully saturated rings. The van der Waals surface area contributed by atoms with Crippen LogP contribution in [0.2, 0.25) is 0 Å². The Morgan fingerprint density at radius 3 is 2.69 bits per heavy atom. The number of hydrogen-bond acceptors (Lipinski definition) is 4. The highest BCUT2D eigenvalue weighted by molar-refractivity contribution is 5.67. The van der Waals surface area contributed by atoms with Gasteiger partial charge in [-0.05, 0) is 43.0 Å². The van der Waals surface area contributed by atoms with Crippen molar-refractivity contribution in [1.82, 2.24) is 14.9 Å². The highest BCUT2D eigenvalue weighted by atomic mass is 16.5. The van der Waals surface area contributed by atoms with Crippen LogP contribution in [0, 0.1) is 18.3 Å². The summed E-state index contributed by atoms with van der Waals surface area (Å²) < 4.78 is 7.55. The second-order valence-electron chi connectivity index (χ2n) is 7.19. The van der Waals surface area contributed by atoms with E-state index in [0.29, 0.717) is 5.56 Å². The molecule has 1 N–H and O–H groups in total. The number of carbonyl (C=O) groups excluding carboxylic acids is 1. The number of benzene rings is 2. The molecule has 4 rings (SSSR count). The number of imidazole rings is 1. The van der Waals surface area contributed by atoms with Gasteiger partial charge in [-0.2, -0.15) is 5.26 Å². The summed E-state index contributed by atoms with van der Waals surface area (Å²) in [6, 6.07) is 19.4. The second-order valence-corrected chi connectivity index (χ2v) is 7.19. The van der Waals surface area contributed by atoms with E-state index in [-0.39, 0.29) is 18.7 Å². The molecule has 1 amide bonds. The minimum atomic E-state index is -0.430. The Kier molecular flexibility index (Phi) is 5.30. The third-order valence-electron chi connectivity index (χ3n) is 5.34. The zero-order valence-corrected chi connectivity index (χ0v) is 16.2. The van der Waals surface area contributed by atoms with Gasteiger partial charge in [0.1, 0.15) is 12.4 Å². The van der Waals surface area contributed by atoms with Crippen molar-refractivity contribution in [3.05, 3.63) is 89.0 Å². The van der Waals surface area contributed by atoms with Gasteiger partial charge in [-0.25, -0.2) is 9.78 Å². The van der Waals surface area contributed by atoms with Crippen molar-refractivity contribution in [2.24, 2.45) is 0 Å². The van der Waals surface area contributed by atoms with Crippen LogP contribution >= 0.6 is 0 Å². The van der Waals surface area contributed by atoms with Gasteiger partial charge in [0.05, 0.1) is 35.6 Å². The molecule has 146 valence electrons. The van der Waals surface area contributed by atoms with E-state index in [1.54, 1.807) is 0 Å². The van der Waals surface area contributed by atoms with Crippen LogP contribution in [0.4, 0.5) is 4.79 Å². The van der Waals surface area contributed by atoms with Gasteiger partial charge in [-0.15, -0.1) is 0 Å². The summed E-state index contributed by atoms with van der Waals surface area (Å²) in [5, 5.41) is 12.0. The Bertz CT molecular complexity index is 1030. The molecular weight excluding hydrogens is 364 g/mol. The van der Waals surface area contributed by atoms with Crippen LogP contribution in [-0.2, 0) is 11.3 Å². The number of amides is 1. The van der Waals surface area contributed by atoms with Crippen LogP contribution in [0.5, 0.6) is 0 Å². The zero-order chi connectivity index (χ0) is 20.2. The molecule has 0 bridgehead atoms. The third kappa shape index (κ3) is 3.99. The van der Waals surface area contributed by atoms with E-state index in [0.717, 1.165) is 35.5 Å². The Labute approximate surface area is 169 Å². The van der Waals surface area contributed by atoms with Gasteiger partial charge in [0, 0.05) is 0 Å². The van der Waals surface area contributed by atoms with Crippen molar-refractivity contribution in [2.75, 3.05) is 0 Å². The second kappa shape index (κ2) is 8.19. The van der Waals surface area contributed by atoms with Crippen LogP contribution in [0.15, 0.2) is 60.8 Å². The first-order valence-electron chi connectivity index (χ1n) is 9.66. The lowest BCUT2D eigenvalue weighted by Gasteiger charge is -2.32. The standard InChI is InChI=1S/C23H22N4O2/c1-16-25-14-22-20(26-23(28)29-15-18-5-3-2-4-6-18)11-12-21(27(16)22)19-9-7-17(13-24)8-10-19/h2-10,14,20-21H,11-12,15H2,1H3,(H,26,28). The van der Waals surface area contributed by atoms with Crippen LogP contribution in [0.3, 0.4) is 0 Å². The van der Waals surface area contributed by atoms with Gasteiger partial charge in [0.25, 0.3) is 0 Å². The number of hydrogen-bond donors (Lipinski definition) is 1. The number of alkyl carbamates (subject to hydrolysis) is 1. The summed E-state index contributed by atoms with van der Waals surface area (Å²) >= 11 is 0. The lowest BCUT2D eigenvalue weighted by atomic mass is 9.92. The average Bonchev–Trinajstić information content (AvgIpc) is 3.16. The van der Waals surface area contributed by atoms with E-state index in [2.05, 4.69) is 20.9 Å². The van der Waals surface area contributed by atoms with Gasteiger partial charge in [0.15, 0.2) is 0 Å². The lowest BCUT2D eigenvalue weighted by molar-refractivity contribution is 0.133. The molecule has 0 saturated heterocycles. The van der Waals surface area contributed by atoms with Crippen LogP contribution in [0.1, 0.15) is 53.1 Å². The quantitative estimate of drug-likeness (QED) is 0.720. The topological polar surface area (TPSA) is 79.9 Å². The van der Waals surface area contributed by atoms with E-state index >= 15 is 0 Å². The minimum absolute atomic E-state index is 0.138. The molecule has 2 heterocycles. The van der Waals surface area contributed by atoms with Crippen molar-refractivity contribution in [3.8, 4) is 6.07 Å². The van der Waals surface area contributed by atoms with Gasteiger partial charge >= 0.3 is 6.09 Å². The lowest BCUT2D eigenvalue weighted by Crippen LogP contribution is -2.34. The van der Waals surface area contributed by atoms with Gasteiger partial charge < -0.3 is 14.6 Å². The van der Waals surface area contributed by atoms with E-state index < -0.39 is 6.09 Å². The summed E-state index contributed by atoms with van der Waals surface area (Å²) in [6.45, 7) is 2.21. The molecule has 0 spiro atoms. The monoisotopic (exact) mass is 386 g/mol. The molecule has 1 aromatic heterocycles. The van der Waals surface area contributed by atoms with Gasteiger partial charge in [0.2, 0.25) is 0 Å². The summed E-state index contributed by atoms with van der Waals surface area (Å²) in [4.78, 5) is 16.8.